The smallest absolute Gasteiger partial charge is 0.0409 e. The van der Waals surface area contributed by atoms with Crippen LogP contribution in [-0.4, -0.2) is 0 Å². The lowest BCUT2D eigenvalue weighted by Crippen LogP contribution is -2.09. The molecular formula is C26H31N. The Labute approximate surface area is 163 Å². The molecule has 1 heteroatoms. The molecule has 3 aromatic carbocycles. The van der Waals surface area contributed by atoms with E-state index in [2.05, 4.69) is 72.9 Å². The molecule has 1 aliphatic carbocycles. The number of anilines is 1. The first-order chi connectivity index (χ1) is 13.3. The van der Waals surface area contributed by atoms with E-state index >= 15 is 0 Å². The highest BCUT2D eigenvalue weighted by Gasteiger charge is 2.14. The molecule has 4 rings (SSSR count). The van der Waals surface area contributed by atoms with Crippen LogP contribution in [0.25, 0.3) is 10.8 Å². The van der Waals surface area contributed by atoms with Gasteiger partial charge in [-0.25, -0.2) is 0 Å². The molecule has 0 spiro atoms. The molecule has 1 nitrogen and oxygen atoms in total. The molecule has 1 aliphatic rings. The fourth-order valence-electron chi connectivity index (χ4n) is 4.61. The molecule has 0 amide bonds. The minimum atomic E-state index is 0.883. The quantitative estimate of drug-likeness (QED) is 0.489. The van der Waals surface area contributed by atoms with E-state index in [1.807, 2.05) is 0 Å². The molecule has 1 saturated carbocycles. The van der Waals surface area contributed by atoms with Crippen LogP contribution in [0, 0.1) is 12.8 Å². The van der Waals surface area contributed by atoms with Crippen molar-refractivity contribution >= 4 is 16.5 Å². The van der Waals surface area contributed by atoms with Crippen LogP contribution in [0.15, 0.2) is 60.7 Å². The van der Waals surface area contributed by atoms with E-state index in [1.165, 1.54) is 78.1 Å². The standard InChI is InChI=1S/C26H31N/c1-20-15-17-22-11-5-7-13-24(22)25(20)19-27-26-14-8-6-12-23(26)18-16-21-9-3-2-4-10-21/h5-8,11-15,17,21,27H,2-4,9-10,16,18-19H2,1H3. The van der Waals surface area contributed by atoms with Gasteiger partial charge in [-0.15, -0.1) is 0 Å². The molecule has 0 atom stereocenters. The number of hydrogen-bond donors (Lipinski definition) is 1. The highest BCUT2D eigenvalue weighted by molar-refractivity contribution is 5.87. The van der Waals surface area contributed by atoms with Crippen LogP contribution in [0.5, 0.6) is 0 Å². The Balaban J connectivity index is 1.48. The summed E-state index contributed by atoms with van der Waals surface area (Å²) in [7, 11) is 0. The Kier molecular flexibility index (Phi) is 5.77. The maximum absolute atomic E-state index is 3.75. The van der Waals surface area contributed by atoms with Gasteiger partial charge in [-0.05, 0) is 59.2 Å². The van der Waals surface area contributed by atoms with Crippen molar-refractivity contribution < 1.29 is 0 Å². The summed E-state index contributed by atoms with van der Waals surface area (Å²) in [5, 5.41) is 6.44. The van der Waals surface area contributed by atoms with Crippen molar-refractivity contribution in [1.82, 2.24) is 0 Å². The predicted octanol–water partition coefficient (Wildman–Crippen LogP) is 7.27. The summed E-state index contributed by atoms with van der Waals surface area (Å²) >= 11 is 0. The topological polar surface area (TPSA) is 12.0 Å². The Morgan fingerprint density at radius 1 is 0.852 bits per heavy atom. The largest absolute Gasteiger partial charge is 0.381 e. The van der Waals surface area contributed by atoms with Gasteiger partial charge in [0.1, 0.15) is 0 Å². The van der Waals surface area contributed by atoms with E-state index < -0.39 is 0 Å². The molecule has 0 heterocycles. The second-order valence-corrected chi connectivity index (χ2v) is 8.14. The zero-order chi connectivity index (χ0) is 18.5. The molecular weight excluding hydrogens is 326 g/mol. The fraction of sp³-hybridized carbons (Fsp3) is 0.385. The van der Waals surface area contributed by atoms with Gasteiger partial charge in [0.05, 0.1) is 0 Å². The number of benzene rings is 3. The maximum atomic E-state index is 3.75. The third-order valence-corrected chi connectivity index (χ3v) is 6.29. The number of para-hydroxylation sites is 1. The Hall–Kier alpha value is -2.28. The summed E-state index contributed by atoms with van der Waals surface area (Å²) in [4.78, 5) is 0. The molecule has 0 aliphatic heterocycles. The Morgan fingerprint density at radius 2 is 1.63 bits per heavy atom. The van der Waals surface area contributed by atoms with Crippen molar-refractivity contribution in [3.05, 3.63) is 77.4 Å². The first-order valence-electron chi connectivity index (χ1n) is 10.6. The van der Waals surface area contributed by atoms with Crippen molar-refractivity contribution in [2.45, 2.75) is 58.4 Å². The summed E-state index contributed by atoms with van der Waals surface area (Å²) in [6, 6.07) is 22.1. The summed E-state index contributed by atoms with van der Waals surface area (Å²) in [6.07, 6.45) is 9.72. The monoisotopic (exact) mass is 357 g/mol. The predicted molar refractivity (Wildman–Crippen MR) is 117 cm³/mol. The molecule has 0 radical (unpaired) electrons. The van der Waals surface area contributed by atoms with E-state index in [0.717, 1.165) is 12.5 Å². The normalized spacial score (nSPS) is 15.1. The number of nitrogens with one attached hydrogen (secondary N) is 1. The third kappa shape index (κ3) is 4.35. The zero-order valence-corrected chi connectivity index (χ0v) is 16.5. The average Bonchev–Trinajstić information content (AvgIpc) is 2.73. The van der Waals surface area contributed by atoms with Crippen LogP contribution in [0.1, 0.15) is 55.2 Å². The van der Waals surface area contributed by atoms with Gasteiger partial charge in [0.15, 0.2) is 0 Å². The van der Waals surface area contributed by atoms with Crippen LogP contribution < -0.4 is 5.32 Å². The van der Waals surface area contributed by atoms with Crippen LogP contribution in [0.2, 0.25) is 0 Å². The van der Waals surface area contributed by atoms with Crippen LogP contribution >= 0.6 is 0 Å². The molecule has 0 unspecified atom stereocenters. The highest BCUT2D eigenvalue weighted by Crippen LogP contribution is 2.29. The second-order valence-electron chi connectivity index (χ2n) is 8.14. The lowest BCUT2D eigenvalue weighted by Gasteiger charge is -2.22. The van der Waals surface area contributed by atoms with Crippen molar-refractivity contribution in [3.8, 4) is 0 Å². The van der Waals surface area contributed by atoms with Gasteiger partial charge in [0, 0.05) is 12.2 Å². The summed E-state index contributed by atoms with van der Waals surface area (Å²) in [6.45, 7) is 3.10. The van der Waals surface area contributed by atoms with Gasteiger partial charge < -0.3 is 5.32 Å². The van der Waals surface area contributed by atoms with E-state index in [9.17, 15) is 0 Å². The minimum Gasteiger partial charge on any atom is -0.381 e. The summed E-state index contributed by atoms with van der Waals surface area (Å²) in [5.74, 6) is 0.937. The number of rotatable bonds is 6. The highest BCUT2D eigenvalue weighted by atomic mass is 14.9. The van der Waals surface area contributed by atoms with Gasteiger partial charge in [-0.1, -0.05) is 86.7 Å². The Morgan fingerprint density at radius 3 is 2.52 bits per heavy atom. The minimum absolute atomic E-state index is 0.883. The third-order valence-electron chi connectivity index (χ3n) is 6.29. The molecule has 1 fully saturated rings. The SMILES string of the molecule is Cc1ccc2ccccc2c1CNc1ccccc1CCC1CCCCC1. The molecule has 140 valence electrons. The molecule has 27 heavy (non-hydrogen) atoms. The van der Waals surface area contributed by atoms with E-state index in [-0.39, 0.29) is 0 Å². The Bertz CT molecular complexity index is 890. The van der Waals surface area contributed by atoms with Crippen molar-refractivity contribution in [2.24, 2.45) is 5.92 Å². The average molecular weight is 358 g/mol. The van der Waals surface area contributed by atoms with Gasteiger partial charge in [-0.2, -0.15) is 0 Å². The van der Waals surface area contributed by atoms with E-state index in [1.54, 1.807) is 0 Å². The molecule has 0 bridgehead atoms. The lowest BCUT2D eigenvalue weighted by atomic mass is 9.85. The number of aryl methyl sites for hydroxylation is 2. The first kappa shape index (κ1) is 18.1. The van der Waals surface area contributed by atoms with Crippen molar-refractivity contribution in [2.75, 3.05) is 5.32 Å². The second kappa shape index (κ2) is 8.61. The van der Waals surface area contributed by atoms with Crippen LogP contribution in [0.4, 0.5) is 5.69 Å². The van der Waals surface area contributed by atoms with Crippen LogP contribution in [0.3, 0.4) is 0 Å². The maximum Gasteiger partial charge on any atom is 0.0409 e. The van der Waals surface area contributed by atoms with Gasteiger partial charge in [-0.3, -0.25) is 0 Å². The van der Waals surface area contributed by atoms with Crippen LogP contribution in [-0.2, 0) is 13.0 Å². The van der Waals surface area contributed by atoms with E-state index in [0.29, 0.717) is 0 Å². The van der Waals surface area contributed by atoms with E-state index in [4.69, 9.17) is 0 Å². The summed E-state index contributed by atoms with van der Waals surface area (Å²) < 4.78 is 0. The fourth-order valence-corrected chi connectivity index (χ4v) is 4.61. The van der Waals surface area contributed by atoms with Gasteiger partial charge in [0.2, 0.25) is 0 Å². The number of hydrogen-bond acceptors (Lipinski definition) is 1. The lowest BCUT2D eigenvalue weighted by molar-refractivity contribution is 0.339. The van der Waals surface area contributed by atoms with Crippen molar-refractivity contribution in [1.29, 1.82) is 0 Å². The van der Waals surface area contributed by atoms with Gasteiger partial charge in [0.25, 0.3) is 0 Å². The first-order valence-corrected chi connectivity index (χ1v) is 10.6. The van der Waals surface area contributed by atoms with Crippen molar-refractivity contribution in [3.63, 3.8) is 0 Å². The number of fused-ring (bicyclic) bond motifs is 1. The van der Waals surface area contributed by atoms with Gasteiger partial charge >= 0.3 is 0 Å². The molecule has 0 aromatic heterocycles. The molecule has 3 aromatic rings. The summed E-state index contributed by atoms with van der Waals surface area (Å²) in [5.41, 5.74) is 5.55. The zero-order valence-electron chi connectivity index (χ0n) is 16.5. The molecule has 1 N–H and O–H groups in total. The molecule has 0 saturated heterocycles.